The summed E-state index contributed by atoms with van der Waals surface area (Å²) >= 11 is 0. The van der Waals surface area contributed by atoms with Crippen molar-refractivity contribution in [3.05, 3.63) is 53.6 Å². The summed E-state index contributed by atoms with van der Waals surface area (Å²) in [7, 11) is 0. The van der Waals surface area contributed by atoms with E-state index in [1.807, 2.05) is 0 Å². The normalized spacial score (nSPS) is 10.3. The Morgan fingerprint density at radius 2 is 2.25 bits per heavy atom. The number of nitrogens with zero attached hydrogens (tertiary/aromatic N) is 2. The molecule has 0 saturated heterocycles. The second kappa shape index (κ2) is 4.14. The average Bonchev–Trinajstić information content (AvgIpc) is 2.66. The zero-order valence-corrected chi connectivity index (χ0v) is 8.43. The van der Waals surface area contributed by atoms with Crippen LogP contribution in [0, 0.1) is 5.82 Å². The molecule has 0 aliphatic rings. The van der Waals surface area contributed by atoms with Crippen LogP contribution in [-0.2, 0) is 6.54 Å². The first-order chi connectivity index (χ1) is 7.65. The Labute approximate surface area is 91.5 Å². The molecule has 0 radical (unpaired) electrons. The third-order valence-electron chi connectivity index (χ3n) is 2.13. The predicted octanol–water partition coefficient (Wildman–Crippen LogP) is 1.17. The lowest BCUT2D eigenvalue weighted by molar-refractivity contribution is 0.0995. The van der Waals surface area contributed by atoms with Gasteiger partial charge >= 0.3 is 0 Å². The molecule has 1 amide bonds. The summed E-state index contributed by atoms with van der Waals surface area (Å²) in [6.07, 6.45) is 1.63. The summed E-state index contributed by atoms with van der Waals surface area (Å²) in [4.78, 5) is 10.8. The average molecular weight is 219 g/mol. The number of aromatic nitrogens is 2. The number of amides is 1. The van der Waals surface area contributed by atoms with Gasteiger partial charge in [0.05, 0.1) is 6.54 Å². The van der Waals surface area contributed by atoms with Crippen LogP contribution in [0.25, 0.3) is 0 Å². The minimum absolute atomic E-state index is 0.205. The highest BCUT2D eigenvalue weighted by atomic mass is 19.1. The van der Waals surface area contributed by atoms with Gasteiger partial charge in [0.25, 0.3) is 5.91 Å². The molecule has 2 N–H and O–H groups in total. The molecule has 0 fully saturated rings. The van der Waals surface area contributed by atoms with Crippen LogP contribution in [0.5, 0.6) is 0 Å². The van der Waals surface area contributed by atoms with Crippen LogP contribution in [-0.4, -0.2) is 15.7 Å². The summed E-state index contributed by atoms with van der Waals surface area (Å²) in [5, 5.41) is 3.95. The number of halogens is 1. The van der Waals surface area contributed by atoms with Gasteiger partial charge in [0.2, 0.25) is 0 Å². The van der Waals surface area contributed by atoms with E-state index in [9.17, 15) is 9.18 Å². The Hall–Kier alpha value is -2.17. The van der Waals surface area contributed by atoms with Gasteiger partial charge in [-0.15, -0.1) is 0 Å². The van der Waals surface area contributed by atoms with Crippen molar-refractivity contribution in [1.82, 2.24) is 9.78 Å². The molecule has 0 atom stereocenters. The van der Waals surface area contributed by atoms with E-state index in [2.05, 4.69) is 5.10 Å². The number of primary amides is 1. The smallest absolute Gasteiger partial charge is 0.269 e. The first-order valence-electron chi connectivity index (χ1n) is 4.73. The summed E-state index contributed by atoms with van der Waals surface area (Å²) in [6, 6.07) is 7.74. The van der Waals surface area contributed by atoms with Crippen molar-refractivity contribution in [2.45, 2.75) is 6.54 Å². The molecule has 0 bridgehead atoms. The molecule has 0 saturated carbocycles. The van der Waals surface area contributed by atoms with Crippen molar-refractivity contribution in [3.63, 3.8) is 0 Å². The SMILES string of the molecule is NC(=O)c1ccn(Cc2cccc(F)c2)n1. The molecule has 0 aliphatic carbocycles. The van der Waals surface area contributed by atoms with E-state index in [-0.39, 0.29) is 11.5 Å². The molecule has 2 aromatic rings. The van der Waals surface area contributed by atoms with Gasteiger partial charge in [-0.2, -0.15) is 5.10 Å². The van der Waals surface area contributed by atoms with Crippen molar-refractivity contribution in [3.8, 4) is 0 Å². The molecule has 1 aromatic heterocycles. The van der Waals surface area contributed by atoms with Gasteiger partial charge in [0.15, 0.2) is 0 Å². The Morgan fingerprint density at radius 3 is 2.88 bits per heavy atom. The molecule has 1 aromatic carbocycles. The lowest BCUT2D eigenvalue weighted by Gasteiger charge is -2.01. The van der Waals surface area contributed by atoms with E-state index in [0.29, 0.717) is 6.54 Å². The maximum absolute atomic E-state index is 12.9. The minimum Gasteiger partial charge on any atom is -0.364 e. The van der Waals surface area contributed by atoms with Crippen LogP contribution in [0.15, 0.2) is 36.5 Å². The Morgan fingerprint density at radius 1 is 1.44 bits per heavy atom. The van der Waals surface area contributed by atoms with E-state index in [1.165, 1.54) is 22.9 Å². The Bertz CT molecular complexity index is 521. The number of hydrogen-bond acceptors (Lipinski definition) is 2. The topological polar surface area (TPSA) is 60.9 Å². The zero-order chi connectivity index (χ0) is 11.5. The highest BCUT2D eigenvalue weighted by Crippen LogP contribution is 2.05. The lowest BCUT2D eigenvalue weighted by Crippen LogP contribution is -2.12. The van der Waals surface area contributed by atoms with Gasteiger partial charge in [-0.1, -0.05) is 12.1 Å². The van der Waals surface area contributed by atoms with Gasteiger partial charge in [-0.05, 0) is 23.8 Å². The standard InChI is InChI=1S/C11H10FN3O/c12-9-3-1-2-8(6-9)7-15-5-4-10(14-15)11(13)16/h1-6H,7H2,(H2,13,16). The van der Waals surface area contributed by atoms with Crippen LogP contribution in [0.2, 0.25) is 0 Å². The first kappa shape index (κ1) is 10.4. The largest absolute Gasteiger partial charge is 0.364 e. The second-order valence-corrected chi connectivity index (χ2v) is 3.39. The highest BCUT2D eigenvalue weighted by Gasteiger charge is 2.04. The number of nitrogens with two attached hydrogens (primary N) is 1. The molecule has 0 spiro atoms. The summed E-state index contributed by atoms with van der Waals surface area (Å²) in [5.41, 5.74) is 6.05. The van der Waals surface area contributed by atoms with Gasteiger partial charge in [-0.3, -0.25) is 9.48 Å². The third kappa shape index (κ3) is 2.25. The van der Waals surface area contributed by atoms with E-state index in [4.69, 9.17) is 5.73 Å². The van der Waals surface area contributed by atoms with Crippen molar-refractivity contribution in [1.29, 1.82) is 0 Å². The van der Waals surface area contributed by atoms with Crippen LogP contribution >= 0.6 is 0 Å². The fourth-order valence-electron chi connectivity index (χ4n) is 1.40. The molecule has 4 nitrogen and oxygen atoms in total. The van der Waals surface area contributed by atoms with Crippen LogP contribution < -0.4 is 5.73 Å². The fourth-order valence-corrected chi connectivity index (χ4v) is 1.40. The quantitative estimate of drug-likeness (QED) is 0.842. The Balaban J connectivity index is 2.17. The third-order valence-corrected chi connectivity index (χ3v) is 2.13. The predicted molar refractivity (Wildman–Crippen MR) is 56.2 cm³/mol. The van der Waals surface area contributed by atoms with Gasteiger partial charge in [0, 0.05) is 6.20 Å². The number of carbonyl (C=O) groups excluding carboxylic acids is 1. The van der Waals surface area contributed by atoms with Gasteiger partial charge in [0.1, 0.15) is 11.5 Å². The molecule has 16 heavy (non-hydrogen) atoms. The van der Waals surface area contributed by atoms with E-state index >= 15 is 0 Å². The van der Waals surface area contributed by atoms with Crippen LogP contribution in [0.1, 0.15) is 16.1 Å². The van der Waals surface area contributed by atoms with E-state index in [0.717, 1.165) is 5.56 Å². The molecular weight excluding hydrogens is 209 g/mol. The first-order valence-corrected chi connectivity index (χ1v) is 4.73. The molecule has 82 valence electrons. The summed E-state index contributed by atoms with van der Waals surface area (Å²) in [5.74, 6) is -0.863. The van der Waals surface area contributed by atoms with Crippen molar-refractivity contribution >= 4 is 5.91 Å². The Kier molecular flexibility index (Phi) is 2.68. The summed E-state index contributed by atoms with van der Waals surface area (Å²) < 4.78 is 14.4. The van der Waals surface area contributed by atoms with Crippen molar-refractivity contribution in [2.24, 2.45) is 5.73 Å². The van der Waals surface area contributed by atoms with E-state index < -0.39 is 5.91 Å². The molecule has 1 heterocycles. The fraction of sp³-hybridized carbons (Fsp3) is 0.0909. The van der Waals surface area contributed by atoms with E-state index in [1.54, 1.807) is 18.3 Å². The maximum Gasteiger partial charge on any atom is 0.269 e. The highest BCUT2D eigenvalue weighted by molar-refractivity contribution is 5.90. The molecular formula is C11H10FN3O. The van der Waals surface area contributed by atoms with Crippen molar-refractivity contribution < 1.29 is 9.18 Å². The molecule has 0 aliphatic heterocycles. The van der Waals surface area contributed by atoms with Crippen molar-refractivity contribution in [2.75, 3.05) is 0 Å². The second-order valence-electron chi connectivity index (χ2n) is 3.39. The van der Waals surface area contributed by atoms with Gasteiger partial charge in [-0.25, -0.2) is 4.39 Å². The lowest BCUT2D eigenvalue weighted by atomic mass is 10.2. The molecule has 2 rings (SSSR count). The molecule has 5 heteroatoms. The maximum atomic E-state index is 12.9. The zero-order valence-electron chi connectivity index (χ0n) is 8.43. The monoisotopic (exact) mass is 219 g/mol. The van der Waals surface area contributed by atoms with Gasteiger partial charge < -0.3 is 5.73 Å². The number of hydrogen-bond donors (Lipinski definition) is 1. The van der Waals surface area contributed by atoms with Crippen LogP contribution in [0.3, 0.4) is 0 Å². The minimum atomic E-state index is -0.571. The number of carbonyl (C=O) groups is 1. The molecule has 0 unspecified atom stereocenters. The number of rotatable bonds is 3. The summed E-state index contributed by atoms with van der Waals surface area (Å²) in [6.45, 7) is 0.408. The van der Waals surface area contributed by atoms with Crippen LogP contribution in [0.4, 0.5) is 4.39 Å². The number of benzene rings is 1.